The maximum Gasteiger partial charge on any atom is 0.261 e. The standard InChI is InChI=1S/C23H17N3O/c27-23-20-5-1-2-7-22(20)25-15-26(23)14-16-8-10-17(11-9-16)19-6-3-4-18-12-24-13-21(18)19/h1-11,13,15H,12,14H2. The first-order valence-electron chi connectivity index (χ1n) is 8.95. The topological polar surface area (TPSA) is 47.2 Å². The maximum absolute atomic E-state index is 12.7. The summed E-state index contributed by atoms with van der Waals surface area (Å²) in [7, 11) is 0. The minimum Gasteiger partial charge on any atom is -0.294 e. The van der Waals surface area contributed by atoms with Gasteiger partial charge in [-0.3, -0.25) is 14.4 Å². The van der Waals surface area contributed by atoms with E-state index >= 15 is 0 Å². The zero-order valence-electron chi connectivity index (χ0n) is 14.7. The number of aromatic nitrogens is 2. The predicted molar refractivity (Wildman–Crippen MR) is 108 cm³/mol. The zero-order valence-corrected chi connectivity index (χ0v) is 14.7. The highest BCUT2D eigenvalue weighted by molar-refractivity contribution is 5.94. The van der Waals surface area contributed by atoms with Crippen molar-refractivity contribution >= 4 is 17.1 Å². The summed E-state index contributed by atoms with van der Waals surface area (Å²) in [6.45, 7) is 1.27. The van der Waals surface area contributed by atoms with E-state index in [1.807, 2.05) is 30.5 Å². The first-order chi connectivity index (χ1) is 13.3. The van der Waals surface area contributed by atoms with Crippen molar-refractivity contribution in [3.8, 4) is 11.1 Å². The van der Waals surface area contributed by atoms with Crippen LogP contribution in [-0.2, 0) is 13.1 Å². The molecule has 4 heteroatoms. The van der Waals surface area contributed by atoms with Crippen LogP contribution in [0.4, 0.5) is 0 Å². The Balaban J connectivity index is 1.47. The number of aliphatic imine (C=N–C) groups is 1. The van der Waals surface area contributed by atoms with Crippen molar-refractivity contribution in [1.29, 1.82) is 0 Å². The normalized spacial score (nSPS) is 12.4. The molecule has 130 valence electrons. The lowest BCUT2D eigenvalue weighted by Gasteiger charge is -2.10. The summed E-state index contributed by atoms with van der Waals surface area (Å²) < 4.78 is 1.66. The molecule has 5 rings (SSSR count). The summed E-state index contributed by atoms with van der Waals surface area (Å²) >= 11 is 0. The zero-order chi connectivity index (χ0) is 18.2. The van der Waals surface area contributed by atoms with Crippen LogP contribution >= 0.6 is 0 Å². The Morgan fingerprint density at radius 2 is 1.78 bits per heavy atom. The van der Waals surface area contributed by atoms with Crippen molar-refractivity contribution in [2.45, 2.75) is 13.1 Å². The second-order valence-corrected chi connectivity index (χ2v) is 6.74. The molecular weight excluding hydrogens is 334 g/mol. The molecule has 0 saturated heterocycles. The minimum absolute atomic E-state index is 0.0123. The lowest BCUT2D eigenvalue weighted by Crippen LogP contribution is -2.21. The minimum atomic E-state index is -0.0123. The molecule has 0 radical (unpaired) electrons. The Labute approximate surface area is 156 Å². The maximum atomic E-state index is 12.7. The lowest BCUT2D eigenvalue weighted by atomic mass is 9.96. The van der Waals surface area contributed by atoms with Crippen molar-refractivity contribution in [3.63, 3.8) is 0 Å². The summed E-state index contributed by atoms with van der Waals surface area (Å²) in [5.74, 6) is 0. The number of rotatable bonds is 3. The third-order valence-corrected chi connectivity index (χ3v) is 5.03. The van der Waals surface area contributed by atoms with Crippen LogP contribution in [0.1, 0.15) is 16.7 Å². The molecule has 0 spiro atoms. The van der Waals surface area contributed by atoms with Crippen LogP contribution < -0.4 is 5.56 Å². The molecule has 0 unspecified atom stereocenters. The molecule has 3 aromatic carbocycles. The Morgan fingerprint density at radius 3 is 2.67 bits per heavy atom. The third kappa shape index (κ3) is 2.75. The fraction of sp³-hybridized carbons (Fsp3) is 0.0870. The number of benzene rings is 3. The fourth-order valence-corrected chi connectivity index (χ4v) is 3.60. The lowest BCUT2D eigenvalue weighted by molar-refractivity contribution is 0.748. The monoisotopic (exact) mass is 351 g/mol. The molecule has 0 amide bonds. The van der Waals surface area contributed by atoms with E-state index in [4.69, 9.17) is 0 Å². The number of para-hydroxylation sites is 1. The molecule has 4 nitrogen and oxygen atoms in total. The summed E-state index contributed by atoms with van der Waals surface area (Å²) in [6.07, 6.45) is 3.58. The number of hydrogen-bond donors (Lipinski definition) is 0. The summed E-state index contributed by atoms with van der Waals surface area (Å²) in [5.41, 5.74) is 6.62. The highest BCUT2D eigenvalue weighted by Gasteiger charge is 2.12. The van der Waals surface area contributed by atoms with Crippen molar-refractivity contribution in [2.75, 3.05) is 0 Å². The van der Waals surface area contributed by atoms with E-state index in [2.05, 4.69) is 52.4 Å². The molecule has 0 N–H and O–H groups in total. The first-order valence-corrected chi connectivity index (χ1v) is 8.95. The summed E-state index contributed by atoms with van der Waals surface area (Å²) in [4.78, 5) is 21.4. The quantitative estimate of drug-likeness (QED) is 0.559. The third-order valence-electron chi connectivity index (χ3n) is 5.03. The molecule has 0 atom stereocenters. The molecule has 1 aromatic heterocycles. The van der Waals surface area contributed by atoms with Gasteiger partial charge in [0.05, 0.1) is 30.3 Å². The second kappa shape index (κ2) is 6.32. The van der Waals surface area contributed by atoms with E-state index < -0.39 is 0 Å². The van der Waals surface area contributed by atoms with Crippen LogP contribution in [0, 0.1) is 0 Å². The highest BCUT2D eigenvalue weighted by atomic mass is 16.1. The van der Waals surface area contributed by atoms with Crippen LogP contribution in [0.25, 0.3) is 22.0 Å². The summed E-state index contributed by atoms with van der Waals surface area (Å²) in [5, 5.41) is 0.649. The Hall–Kier alpha value is -3.53. The van der Waals surface area contributed by atoms with Gasteiger partial charge in [0.2, 0.25) is 0 Å². The molecule has 0 saturated carbocycles. The van der Waals surface area contributed by atoms with Crippen LogP contribution in [0.5, 0.6) is 0 Å². The Bertz CT molecular complexity index is 1240. The van der Waals surface area contributed by atoms with Gasteiger partial charge in [0.1, 0.15) is 0 Å². The van der Waals surface area contributed by atoms with Gasteiger partial charge < -0.3 is 0 Å². The van der Waals surface area contributed by atoms with E-state index in [0.717, 1.165) is 23.2 Å². The molecule has 0 fully saturated rings. The Morgan fingerprint density at radius 1 is 0.926 bits per heavy atom. The van der Waals surface area contributed by atoms with Crippen molar-refractivity contribution in [2.24, 2.45) is 4.99 Å². The van der Waals surface area contributed by atoms with Gasteiger partial charge in [-0.2, -0.15) is 0 Å². The van der Waals surface area contributed by atoms with Gasteiger partial charge >= 0.3 is 0 Å². The molecule has 4 aromatic rings. The fourth-order valence-electron chi connectivity index (χ4n) is 3.60. The van der Waals surface area contributed by atoms with E-state index in [1.54, 1.807) is 10.9 Å². The van der Waals surface area contributed by atoms with Gasteiger partial charge in [-0.15, -0.1) is 0 Å². The molecule has 1 aliphatic heterocycles. The number of fused-ring (bicyclic) bond motifs is 2. The average Bonchev–Trinajstić information content (AvgIpc) is 3.20. The highest BCUT2D eigenvalue weighted by Crippen LogP contribution is 2.28. The van der Waals surface area contributed by atoms with Crippen LogP contribution in [-0.4, -0.2) is 15.8 Å². The largest absolute Gasteiger partial charge is 0.294 e. The molecule has 0 aliphatic carbocycles. The van der Waals surface area contributed by atoms with Crippen molar-refractivity contribution in [3.05, 3.63) is 100 Å². The van der Waals surface area contributed by atoms with Crippen molar-refractivity contribution < 1.29 is 0 Å². The summed E-state index contributed by atoms with van der Waals surface area (Å²) in [6, 6.07) is 22.1. The molecule has 27 heavy (non-hydrogen) atoms. The van der Waals surface area contributed by atoms with Gasteiger partial charge in [0.25, 0.3) is 5.56 Å². The van der Waals surface area contributed by atoms with Gasteiger partial charge in [-0.25, -0.2) is 4.98 Å². The van der Waals surface area contributed by atoms with Crippen LogP contribution in [0.2, 0.25) is 0 Å². The number of nitrogens with zero attached hydrogens (tertiary/aromatic N) is 3. The van der Waals surface area contributed by atoms with Gasteiger partial charge in [-0.05, 0) is 34.4 Å². The number of hydrogen-bond acceptors (Lipinski definition) is 3. The average molecular weight is 351 g/mol. The Kier molecular flexibility index (Phi) is 3.68. The van der Waals surface area contributed by atoms with Gasteiger partial charge in [0.15, 0.2) is 0 Å². The first kappa shape index (κ1) is 15.7. The molecule has 0 bridgehead atoms. The van der Waals surface area contributed by atoms with E-state index in [9.17, 15) is 4.79 Å². The van der Waals surface area contributed by atoms with E-state index in [-0.39, 0.29) is 5.56 Å². The second-order valence-electron chi connectivity index (χ2n) is 6.74. The van der Waals surface area contributed by atoms with E-state index in [0.29, 0.717) is 11.9 Å². The van der Waals surface area contributed by atoms with E-state index in [1.165, 1.54) is 16.7 Å². The molecular formula is C23H17N3O. The van der Waals surface area contributed by atoms with Crippen LogP contribution in [0.15, 0.2) is 82.8 Å². The predicted octanol–water partition coefficient (Wildman–Crippen LogP) is 4.04. The van der Waals surface area contributed by atoms with Gasteiger partial charge in [0, 0.05) is 11.8 Å². The molecule has 2 heterocycles. The smallest absolute Gasteiger partial charge is 0.261 e. The van der Waals surface area contributed by atoms with Crippen LogP contribution in [0.3, 0.4) is 0 Å². The molecule has 1 aliphatic rings. The van der Waals surface area contributed by atoms with Crippen molar-refractivity contribution in [1.82, 2.24) is 9.55 Å². The van der Waals surface area contributed by atoms with Gasteiger partial charge in [-0.1, -0.05) is 54.6 Å². The SMILES string of the molecule is O=c1c2ccccc2ncn1Cc1ccc(-c2cccc3c2C=NC3)cc1.